The van der Waals surface area contributed by atoms with E-state index in [1.165, 1.54) is 15.9 Å². The van der Waals surface area contributed by atoms with Crippen molar-refractivity contribution in [2.45, 2.75) is 78.6 Å². The van der Waals surface area contributed by atoms with E-state index in [4.69, 9.17) is 18.2 Å². The summed E-state index contributed by atoms with van der Waals surface area (Å²) in [7, 11) is -2.35. The molecule has 0 heterocycles. The molecule has 1 unspecified atom stereocenters. The molecular weight excluding hydrogens is 618 g/mol. The molecule has 2 atom stereocenters. The van der Waals surface area contributed by atoms with Crippen LogP contribution in [0, 0.1) is 5.92 Å². The van der Waals surface area contributed by atoms with Gasteiger partial charge in [-0.3, -0.25) is 0 Å². The Labute approximate surface area is 286 Å². The van der Waals surface area contributed by atoms with E-state index in [1.54, 1.807) is 7.11 Å². The van der Waals surface area contributed by atoms with Gasteiger partial charge >= 0.3 is 0 Å². The number of methoxy groups -OCH3 is 1. The van der Waals surface area contributed by atoms with Gasteiger partial charge in [-0.1, -0.05) is 124 Å². The fraction of sp³-hybridized carbons (Fsp3) is 0.400. The number of hydrogen-bond donors (Lipinski definition) is 0. The maximum absolute atomic E-state index is 7.45. The SMILES string of the molecule is COc1ccc(C[C@@H](COP(OCc2ccccc2)N(C(C)C)C(C)C)CO[Si](c2ccccc2)(c2ccccc2)C(C)(C)C)cc1. The Morgan fingerprint density at radius 3 is 1.62 bits per heavy atom. The highest BCUT2D eigenvalue weighted by Crippen LogP contribution is 2.47. The number of rotatable bonds is 17. The molecule has 0 spiro atoms. The third kappa shape index (κ3) is 9.85. The maximum atomic E-state index is 7.45. The van der Waals surface area contributed by atoms with Crippen molar-refractivity contribution in [3.63, 3.8) is 0 Å². The lowest BCUT2D eigenvalue weighted by Crippen LogP contribution is -2.67. The van der Waals surface area contributed by atoms with E-state index in [0.29, 0.717) is 19.8 Å². The molecule has 0 aliphatic carbocycles. The molecule has 252 valence electrons. The van der Waals surface area contributed by atoms with Gasteiger partial charge in [0.15, 0.2) is 0 Å². The average molecular weight is 672 g/mol. The van der Waals surface area contributed by atoms with Gasteiger partial charge in [-0.25, -0.2) is 4.67 Å². The molecule has 0 saturated heterocycles. The minimum absolute atomic E-state index is 0.0940. The number of ether oxygens (including phenoxy) is 1. The monoisotopic (exact) mass is 671 g/mol. The topological polar surface area (TPSA) is 40.2 Å². The minimum atomic E-state index is -2.73. The molecule has 0 amide bonds. The molecule has 0 radical (unpaired) electrons. The standard InChI is InChI=1S/C40H54NO4PSi/c1-32(2)41(33(3)4)46(43-29-35-18-12-9-13-19-35)44-30-36(28-34-24-26-37(42-8)27-25-34)31-45-47(40(5,6)7,38-20-14-10-15-21-38)39-22-16-11-17-23-39/h9-27,32-33,36H,28-31H2,1-8H3/t36-,46?/m0/s1. The van der Waals surface area contributed by atoms with Crippen LogP contribution in [0.2, 0.25) is 5.04 Å². The first-order valence-corrected chi connectivity index (χ1v) is 19.8. The van der Waals surface area contributed by atoms with Gasteiger partial charge in [0, 0.05) is 24.6 Å². The van der Waals surface area contributed by atoms with E-state index in [9.17, 15) is 0 Å². The first-order valence-electron chi connectivity index (χ1n) is 16.8. The van der Waals surface area contributed by atoms with Crippen LogP contribution < -0.4 is 15.1 Å². The summed E-state index contributed by atoms with van der Waals surface area (Å²) in [4.78, 5) is 0. The van der Waals surface area contributed by atoms with Crippen LogP contribution in [0.3, 0.4) is 0 Å². The molecule has 5 nitrogen and oxygen atoms in total. The van der Waals surface area contributed by atoms with Crippen LogP contribution in [0.4, 0.5) is 0 Å². The smallest absolute Gasteiger partial charge is 0.261 e. The summed E-state index contributed by atoms with van der Waals surface area (Å²) in [5, 5.41) is 2.45. The van der Waals surface area contributed by atoms with Gasteiger partial charge < -0.3 is 18.2 Å². The molecule has 4 aromatic rings. The van der Waals surface area contributed by atoms with E-state index in [-0.39, 0.29) is 23.0 Å². The van der Waals surface area contributed by atoms with Crippen molar-refractivity contribution in [3.8, 4) is 5.75 Å². The van der Waals surface area contributed by atoms with Gasteiger partial charge in [-0.05, 0) is 72.8 Å². The Morgan fingerprint density at radius 1 is 0.638 bits per heavy atom. The van der Waals surface area contributed by atoms with Crippen molar-refractivity contribution in [1.82, 2.24) is 4.67 Å². The first-order chi connectivity index (χ1) is 22.5. The maximum Gasteiger partial charge on any atom is 0.261 e. The van der Waals surface area contributed by atoms with Gasteiger partial charge in [0.2, 0.25) is 0 Å². The normalized spacial score (nSPS) is 13.7. The van der Waals surface area contributed by atoms with Gasteiger partial charge in [0.1, 0.15) is 5.75 Å². The zero-order chi connectivity index (χ0) is 33.9. The van der Waals surface area contributed by atoms with Gasteiger partial charge in [-0.15, -0.1) is 0 Å². The molecule has 4 rings (SSSR count). The van der Waals surface area contributed by atoms with E-state index in [2.05, 4.69) is 150 Å². The van der Waals surface area contributed by atoms with Crippen molar-refractivity contribution >= 4 is 27.2 Å². The zero-order valence-corrected chi connectivity index (χ0v) is 31.5. The molecular formula is C40H54NO4PSi. The predicted octanol–water partition coefficient (Wildman–Crippen LogP) is 9.01. The summed E-state index contributed by atoms with van der Waals surface area (Å²) >= 11 is 0. The van der Waals surface area contributed by atoms with Crippen LogP contribution in [0.5, 0.6) is 5.75 Å². The van der Waals surface area contributed by atoms with Crippen molar-refractivity contribution < 1.29 is 18.2 Å². The quantitative estimate of drug-likeness (QED) is 0.0828. The number of hydrogen-bond acceptors (Lipinski definition) is 5. The third-order valence-corrected chi connectivity index (χ3v) is 15.5. The van der Waals surface area contributed by atoms with Crippen LogP contribution in [-0.4, -0.2) is 45.4 Å². The lowest BCUT2D eigenvalue weighted by atomic mass is 10.0. The molecule has 7 heteroatoms. The van der Waals surface area contributed by atoms with Crippen molar-refractivity contribution in [2.24, 2.45) is 5.92 Å². The van der Waals surface area contributed by atoms with Crippen molar-refractivity contribution in [1.29, 1.82) is 0 Å². The molecule has 0 aliphatic heterocycles. The molecule has 0 N–H and O–H groups in total. The molecule has 47 heavy (non-hydrogen) atoms. The highest BCUT2D eigenvalue weighted by Gasteiger charge is 2.50. The summed E-state index contributed by atoms with van der Waals surface area (Å²) < 4.78 is 28.7. The molecule has 0 aromatic heterocycles. The summed E-state index contributed by atoms with van der Waals surface area (Å²) in [6.07, 6.45) is 0.813. The van der Waals surface area contributed by atoms with Gasteiger partial charge in [-0.2, -0.15) is 0 Å². The van der Waals surface area contributed by atoms with Crippen LogP contribution in [-0.2, 0) is 26.5 Å². The minimum Gasteiger partial charge on any atom is -0.497 e. The van der Waals surface area contributed by atoms with Gasteiger partial charge in [0.05, 0.1) is 20.3 Å². The van der Waals surface area contributed by atoms with Crippen molar-refractivity contribution in [3.05, 3.63) is 126 Å². The van der Waals surface area contributed by atoms with Crippen LogP contribution in [0.1, 0.15) is 59.6 Å². The molecule has 0 aliphatic rings. The Bertz CT molecular complexity index is 1400. The highest BCUT2D eigenvalue weighted by atomic mass is 31.2. The second-order valence-electron chi connectivity index (χ2n) is 13.8. The number of benzene rings is 4. The summed E-state index contributed by atoms with van der Waals surface area (Å²) in [5.74, 6) is 0.948. The lowest BCUT2D eigenvalue weighted by Gasteiger charge is -2.44. The Kier molecular flexibility index (Phi) is 13.8. The highest BCUT2D eigenvalue weighted by molar-refractivity contribution is 7.44. The van der Waals surface area contributed by atoms with E-state index >= 15 is 0 Å². The van der Waals surface area contributed by atoms with E-state index in [0.717, 1.165) is 17.7 Å². The molecule has 0 saturated carbocycles. The average Bonchev–Trinajstić information content (AvgIpc) is 3.06. The van der Waals surface area contributed by atoms with Crippen LogP contribution in [0.25, 0.3) is 0 Å². The number of nitrogens with zero attached hydrogens (tertiary/aromatic N) is 1. The summed E-state index contributed by atoms with van der Waals surface area (Å²) in [5.41, 5.74) is 2.37. The van der Waals surface area contributed by atoms with Crippen LogP contribution in [0.15, 0.2) is 115 Å². The lowest BCUT2D eigenvalue weighted by molar-refractivity contribution is 0.129. The molecule has 0 fully saturated rings. The fourth-order valence-corrected chi connectivity index (χ4v) is 12.6. The largest absolute Gasteiger partial charge is 0.497 e. The second-order valence-corrected chi connectivity index (χ2v) is 19.5. The molecule has 4 aromatic carbocycles. The predicted molar refractivity (Wildman–Crippen MR) is 200 cm³/mol. The van der Waals surface area contributed by atoms with Crippen molar-refractivity contribution in [2.75, 3.05) is 20.3 Å². The Morgan fingerprint density at radius 2 is 1.15 bits per heavy atom. The Balaban J connectivity index is 1.67. The van der Waals surface area contributed by atoms with Gasteiger partial charge in [0.25, 0.3) is 16.8 Å². The van der Waals surface area contributed by atoms with Crippen LogP contribution >= 0.6 is 8.53 Å². The zero-order valence-electron chi connectivity index (χ0n) is 29.6. The second kappa shape index (κ2) is 17.5. The fourth-order valence-electron chi connectivity index (χ4n) is 6.28. The van der Waals surface area contributed by atoms with E-state index in [1.807, 2.05) is 18.2 Å². The Hall–Kier alpha value is -2.83. The third-order valence-electron chi connectivity index (χ3n) is 8.49. The molecule has 0 bridgehead atoms. The first kappa shape index (κ1) is 37.0. The summed E-state index contributed by atoms with van der Waals surface area (Å²) in [6, 6.07) is 41.0. The van der Waals surface area contributed by atoms with E-state index < -0.39 is 16.8 Å². The summed E-state index contributed by atoms with van der Waals surface area (Å²) in [6.45, 7) is 17.4.